The molecule has 0 amide bonds. The fourth-order valence-corrected chi connectivity index (χ4v) is 2.18. The maximum Gasteiger partial charge on any atom is 0.182 e. The minimum Gasteiger partial charge on any atom is -0.281 e. The lowest BCUT2D eigenvalue weighted by Crippen LogP contribution is -1.82. The predicted octanol–water partition coefficient (Wildman–Crippen LogP) is 5.02. The first kappa shape index (κ1) is 12.8. The van der Waals surface area contributed by atoms with Gasteiger partial charge in [-0.15, -0.1) is 10.2 Å². The molecule has 1 aromatic carbocycles. The molecule has 2 aromatic heterocycles. The van der Waals surface area contributed by atoms with Crippen molar-refractivity contribution in [3.8, 4) is 0 Å². The van der Waals surface area contributed by atoms with Crippen LogP contribution >= 0.6 is 11.6 Å². The first-order valence-electron chi connectivity index (χ1n) is 6.27. The quantitative estimate of drug-likeness (QED) is 0.609. The van der Waals surface area contributed by atoms with Crippen molar-refractivity contribution in [1.29, 1.82) is 0 Å². The summed E-state index contributed by atoms with van der Waals surface area (Å²) in [5, 5.41) is 9.28. The normalized spacial score (nSPS) is 11.6. The Kier molecular flexibility index (Phi) is 3.24. The summed E-state index contributed by atoms with van der Waals surface area (Å²) in [5.74, 6) is 0.700. The average Bonchev–Trinajstić information content (AvgIpc) is 2.73. The Hall–Kier alpha value is -2.20. The van der Waals surface area contributed by atoms with Gasteiger partial charge in [-0.25, -0.2) is 4.98 Å². The van der Waals surface area contributed by atoms with Gasteiger partial charge in [0, 0.05) is 6.20 Å². The number of halogens is 1. The van der Waals surface area contributed by atoms with Crippen LogP contribution in [0.3, 0.4) is 0 Å². The van der Waals surface area contributed by atoms with E-state index in [4.69, 9.17) is 11.6 Å². The largest absolute Gasteiger partial charge is 0.281 e. The molecule has 20 heavy (non-hydrogen) atoms. The fraction of sp³-hybridized carbons (Fsp3) is 0.133. The van der Waals surface area contributed by atoms with Crippen molar-refractivity contribution < 1.29 is 0 Å². The summed E-state index contributed by atoms with van der Waals surface area (Å²) < 4.78 is 1.85. The van der Waals surface area contributed by atoms with Crippen molar-refractivity contribution in [2.45, 2.75) is 13.8 Å². The van der Waals surface area contributed by atoms with Gasteiger partial charge >= 0.3 is 0 Å². The summed E-state index contributed by atoms with van der Waals surface area (Å²) in [6.45, 7) is 3.92. The Bertz CT molecular complexity index is 805. The van der Waals surface area contributed by atoms with Crippen LogP contribution in [0, 0.1) is 13.8 Å². The molecular formula is C15H13ClN4. The number of aromatic nitrogens is 2. The molecule has 4 nitrogen and oxygen atoms in total. The van der Waals surface area contributed by atoms with E-state index in [9.17, 15) is 0 Å². The van der Waals surface area contributed by atoms with Gasteiger partial charge in [-0.3, -0.25) is 4.40 Å². The van der Waals surface area contributed by atoms with Crippen molar-refractivity contribution in [2.75, 3.05) is 0 Å². The molecule has 0 aliphatic heterocycles. The fourth-order valence-electron chi connectivity index (χ4n) is 2.02. The molecule has 0 aliphatic carbocycles. The van der Waals surface area contributed by atoms with Crippen molar-refractivity contribution in [3.05, 3.63) is 58.9 Å². The van der Waals surface area contributed by atoms with E-state index in [-0.39, 0.29) is 0 Å². The zero-order valence-electron chi connectivity index (χ0n) is 11.2. The van der Waals surface area contributed by atoms with Crippen molar-refractivity contribution in [3.63, 3.8) is 0 Å². The molecule has 0 atom stereocenters. The second-order valence-corrected chi connectivity index (χ2v) is 5.02. The molecule has 0 bridgehead atoms. The van der Waals surface area contributed by atoms with Gasteiger partial charge in [0.05, 0.1) is 16.4 Å². The maximum atomic E-state index is 6.02. The predicted molar refractivity (Wildman–Crippen MR) is 80.3 cm³/mol. The zero-order chi connectivity index (χ0) is 14.1. The van der Waals surface area contributed by atoms with E-state index in [1.54, 1.807) is 6.20 Å². The SMILES string of the molecule is Cc1ccccc1N=Nc1c(C)nc2ccc(Cl)cn12. The van der Waals surface area contributed by atoms with Crippen molar-refractivity contribution >= 4 is 28.8 Å². The molecule has 0 fully saturated rings. The van der Waals surface area contributed by atoms with Crippen LogP contribution in [0.5, 0.6) is 0 Å². The first-order chi connectivity index (χ1) is 9.65. The molecule has 0 saturated heterocycles. The van der Waals surface area contributed by atoms with Crippen LogP contribution in [0.2, 0.25) is 5.02 Å². The minimum atomic E-state index is 0.641. The van der Waals surface area contributed by atoms with E-state index in [2.05, 4.69) is 15.2 Å². The third kappa shape index (κ3) is 2.30. The summed E-state index contributed by atoms with van der Waals surface area (Å²) in [4.78, 5) is 4.44. The van der Waals surface area contributed by atoms with Gasteiger partial charge in [-0.1, -0.05) is 29.8 Å². The van der Waals surface area contributed by atoms with Gasteiger partial charge in [-0.05, 0) is 37.6 Å². The Morgan fingerprint density at radius 2 is 1.85 bits per heavy atom. The van der Waals surface area contributed by atoms with Crippen molar-refractivity contribution in [1.82, 2.24) is 9.38 Å². The highest BCUT2D eigenvalue weighted by Crippen LogP contribution is 2.26. The molecule has 3 aromatic rings. The Balaban J connectivity index is 2.09. The zero-order valence-corrected chi connectivity index (χ0v) is 12.0. The molecule has 0 saturated carbocycles. The summed E-state index contributed by atoms with van der Waals surface area (Å²) in [6.07, 6.45) is 1.79. The lowest BCUT2D eigenvalue weighted by atomic mass is 10.2. The number of hydrogen-bond donors (Lipinski definition) is 0. The molecule has 2 heterocycles. The monoisotopic (exact) mass is 284 g/mol. The van der Waals surface area contributed by atoms with Gasteiger partial charge in [0.1, 0.15) is 5.65 Å². The van der Waals surface area contributed by atoms with Gasteiger partial charge in [0.2, 0.25) is 0 Å². The molecule has 3 rings (SSSR count). The third-order valence-corrected chi connectivity index (χ3v) is 3.32. The Labute approximate surface area is 121 Å². The smallest absolute Gasteiger partial charge is 0.182 e. The number of nitrogens with zero attached hydrogens (tertiary/aromatic N) is 4. The van der Waals surface area contributed by atoms with E-state index >= 15 is 0 Å². The molecule has 0 radical (unpaired) electrons. The number of hydrogen-bond acceptors (Lipinski definition) is 3. The lowest BCUT2D eigenvalue weighted by Gasteiger charge is -1.99. The van der Waals surface area contributed by atoms with Crippen LogP contribution in [-0.2, 0) is 0 Å². The maximum absolute atomic E-state index is 6.02. The van der Waals surface area contributed by atoms with E-state index in [0.29, 0.717) is 10.8 Å². The standard InChI is InChI=1S/C15H13ClN4/c1-10-5-3-4-6-13(10)18-19-15-11(2)17-14-8-7-12(16)9-20(14)15/h3-9H,1-2H3. The first-order valence-corrected chi connectivity index (χ1v) is 6.64. The number of pyridine rings is 1. The minimum absolute atomic E-state index is 0.641. The second kappa shape index (κ2) is 5.06. The van der Waals surface area contributed by atoms with E-state index in [0.717, 1.165) is 22.6 Å². The number of aryl methyl sites for hydroxylation is 2. The van der Waals surface area contributed by atoms with Gasteiger partial charge in [0.25, 0.3) is 0 Å². The van der Waals surface area contributed by atoms with Gasteiger partial charge in [0.15, 0.2) is 5.82 Å². The highest BCUT2D eigenvalue weighted by Gasteiger charge is 2.08. The van der Waals surface area contributed by atoms with E-state index < -0.39 is 0 Å². The highest BCUT2D eigenvalue weighted by atomic mass is 35.5. The molecule has 0 unspecified atom stereocenters. The number of fused-ring (bicyclic) bond motifs is 1. The van der Waals surface area contributed by atoms with E-state index in [1.165, 1.54) is 0 Å². The van der Waals surface area contributed by atoms with Gasteiger partial charge in [-0.2, -0.15) is 0 Å². The molecule has 100 valence electrons. The summed E-state index contributed by atoms with van der Waals surface area (Å²) in [6, 6.07) is 11.5. The molecule has 0 N–H and O–H groups in total. The number of azo groups is 1. The summed E-state index contributed by atoms with van der Waals surface area (Å²) in [7, 11) is 0. The van der Waals surface area contributed by atoms with Crippen LogP contribution in [0.1, 0.15) is 11.3 Å². The number of benzene rings is 1. The highest BCUT2D eigenvalue weighted by molar-refractivity contribution is 6.30. The van der Waals surface area contributed by atoms with Crippen LogP contribution in [0.25, 0.3) is 5.65 Å². The lowest BCUT2D eigenvalue weighted by molar-refractivity contribution is 1.09. The summed E-state index contributed by atoms with van der Waals surface area (Å²) >= 11 is 6.02. The van der Waals surface area contributed by atoms with E-state index in [1.807, 2.05) is 54.6 Å². The van der Waals surface area contributed by atoms with Crippen LogP contribution in [0.15, 0.2) is 52.8 Å². The molecule has 5 heteroatoms. The topological polar surface area (TPSA) is 42.0 Å². The molecule has 0 aliphatic rings. The Morgan fingerprint density at radius 1 is 1.05 bits per heavy atom. The summed E-state index contributed by atoms with van der Waals surface area (Å²) in [5.41, 5.74) is 3.57. The second-order valence-electron chi connectivity index (χ2n) is 4.58. The average molecular weight is 285 g/mol. The Morgan fingerprint density at radius 3 is 2.65 bits per heavy atom. The van der Waals surface area contributed by atoms with Crippen molar-refractivity contribution in [2.24, 2.45) is 10.2 Å². The van der Waals surface area contributed by atoms with Crippen LogP contribution < -0.4 is 0 Å². The third-order valence-electron chi connectivity index (χ3n) is 3.09. The molecule has 0 spiro atoms. The number of rotatable bonds is 2. The number of imidazole rings is 1. The van der Waals surface area contributed by atoms with Crippen LogP contribution in [0.4, 0.5) is 11.5 Å². The molecular weight excluding hydrogens is 272 g/mol. The van der Waals surface area contributed by atoms with Gasteiger partial charge < -0.3 is 0 Å². The van der Waals surface area contributed by atoms with Crippen LogP contribution in [-0.4, -0.2) is 9.38 Å².